The molecule has 0 unspecified atom stereocenters. The van der Waals surface area contributed by atoms with Crippen LogP contribution in [0.3, 0.4) is 0 Å². The van der Waals surface area contributed by atoms with Gasteiger partial charge in [-0.2, -0.15) is 0 Å². The summed E-state index contributed by atoms with van der Waals surface area (Å²) >= 11 is 0. The Morgan fingerprint density at radius 3 is 2.30 bits per heavy atom. The van der Waals surface area contributed by atoms with Gasteiger partial charge in [0.15, 0.2) is 0 Å². The fourth-order valence-electron chi connectivity index (χ4n) is 4.11. The van der Waals surface area contributed by atoms with Gasteiger partial charge in [-0.25, -0.2) is 0 Å². The molecule has 5 heteroatoms. The molecular formula is C28H26N2O3. The first-order valence-electron chi connectivity index (χ1n) is 11.3. The molecule has 1 saturated carbocycles. The van der Waals surface area contributed by atoms with E-state index in [9.17, 15) is 9.59 Å². The van der Waals surface area contributed by atoms with Crippen molar-refractivity contribution in [2.75, 3.05) is 6.54 Å². The van der Waals surface area contributed by atoms with Crippen LogP contribution in [0.4, 0.5) is 0 Å². The third-order valence-electron chi connectivity index (χ3n) is 6.05. The molecule has 1 aromatic heterocycles. The number of fused-ring (bicyclic) bond motifs is 1. The van der Waals surface area contributed by atoms with Gasteiger partial charge in [0.05, 0.1) is 12.8 Å². The van der Waals surface area contributed by atoms with Crippen LogP contribution in [0.1, 0.15) is 34.5 Å². The Morgan fingerprint density at radius 2 is 1.58 bits per heavy atom. The summed E-state index contributed by atoms with van der Waals surface area (Å²) < 4.78 is 5.50. The van der Waals surface area contributed by atoms with Crippen LogP contribution in [0.25, 0.3) is 10.8 Å². The molecule has 0 saturated heterocycles. The Balaban J connectivity index is 1.36. The molecule has 2 amide bonds. The van der Waals surface area contributed by atoms with Crippen LogP contribution >= 0.6 is 0 Å². The van der Waals surface area contributed by atoms with Crippen LogP contribution in [-0.4, -0.2) is 34.2 Å². The molecule has 4 aromatic rings. The minimum absolute atomic E-state index is 0.0594. The maximum atomic E-state index is 13.5. The molecule has 5 rings (SSSR count). The van der Waals surface area contributed by atoms with E-state index in [0.29, 0.717) is 18.7 Å². The van der Waals surface area contributed by atoms with Crippen LogP contribution in [0.5, 0.6) is 0 Å². The van der Waals surface area contributed by atoms with Crippen molar-refractivity contribution in [2.24, 2.45) is 0 Å². The topological polar surface area (TPSA) is 53.8 Å². The summed E-state index contributed by atoms with van der Waals surface area (Å²) in [5.74, 6) is 0.545. The summed E-state index contributed by atoms with van der Waals surface area (Å²) in [5, 5.41) is 2.12. The number of hydrogen-bond donors (Lipinski definition) is 0. The second kappa shape index (κ2) is 9.33. The summed E-state index contributed by atoms with van der Waals surface area (Å²) in [7, 11) is 0. The summed E-state index contributed by atoms with van der Waals surface area (Å²) in [6.45, 7) is 0.885. The Bertz CT molecular complexity index is 1250. The van der Waals surface area contributed by atoms with Crippen molar-refractivity contribution < 1.29 is 14.0 Å². The number of nitrogens with zero attached hydrogens (tertiary/aromatic N) is 2. The number of benzene rings is 3. The van der Waals surface area contributed by atoms with E-state index in [1.165, 1.54) is 0 Å². The monoisotopic (exact) mass is 438 g/mol. The molecule has 5 nitrogen and oxygen atoms in total. The van der Waals surface area contributed by atoms with Gasteiger partial charge in [-0.3, -0.25) is 9.59 Å². The lowest BCUT2D eigenvalue weighted by Crippen LogP contribution is -2.43. The molecule has 0 aliphatic heterocycles. The highest BCUT2D eigenvalue weighted by molar-refractivity contribution is 6.00. The highest BCUT2D eigenvalue weighted by atomic mass is 16.3. The molecule has 1 aliphatic rings. The van der Waals surface area contributed by atoms with Gasteiger partial charge in [-0.05, 0) is 53.4 Å². The zero-order valence-electron chi connectivity index (χ0n) is 18.4. The summed E-state index contributed by atoms with van der Waals surface area (Å²) in [6.07, 6.45) is 3.48. The molecule has 166 valence electrons. The molecule has 1 fully saturated rings. The van der Waals surface area contributed by atoms with Crippen LogP contribution in [0.15, 0.2) is 95.6 Å². The molecule has 1 heterocycles. The summed E-state index contributed by atoms with van der Waals surface area (Å²) in [6, 6.07) is 27.4. The van der Waals surface area contributed by atoms with E-state index < -0.39 is 0 Å². The van der Waals surface area contributed by atoms with Crippen molar-refractivity contribution in [3.8, 4) is 0 Å². The van der Waals surface area contributed by atoms with Gasteiger partial charge < -0.3 is 14.2 Å². The third kappa shape index (κ3) is 4.98. The van der Waals surface area contributed by atoms with Crippen molar-refractivity contribution in [1.29, 1.82) is 0 Å². The maximum Gasteiger partial charge on any atom is 0.254 e. The predicted molar refractivity (Wildman–Crippen MR) is 127 cm³/mol. The molecule has 1 aliphatic carbocycles. The average molecular weight is 439 g/mol. The highest BCUT2D eigenvalue weighted by Gasteiger charge is 2.35. The van der Waals surface area contributed by atoms with Crippen molar-refractivity contribution in [3.63, 3.8) is 0 Å². The Morgan fingerprint density at radius 1 is 0.818 bits per heavy atom. The largest absolute Gasteiger partial charge is 0.467 e. The van der Waals surface area contributed by atoms with Crippen LogP contribution < -0.4 is 0 Å². The van der Waals surface area contributed by atoms with E-state index in [-0.39, 0.29) is 24.4 Å². The summed E-state index contributed by atoms with van der Waals surface area (Å²) in [4.78, 5) is 30.4. The van der Waals surface area contributed by atoms with Crippen LogP contribution in [0.2, 0.25) is 0 Å². The third-order valence-corrected chi connectivity index (χ3v) is 6.05. The van der Waals surface area contributed by atoms with Crippen molar-refractivity contribution >= 4 is 22.6 Å². The second-order valence-corrected chi connectivity index (χ2v) is 8.54. The van der Waals surface area contributed by atoms with Gasteiger partial charge >= 0.3 is 0 Å². The number of furan rings is 1. The molecule has 0 atom stereocenters. The van der Waals surface area contributed by atoms with E-state index >= 15 is 0 Å². The fraction of sp³-hybridized carbons (Fsp3) is 0.214. The number of hydrogen-bond acceptors (Lipinski definition) is 3. The average Bonchev–Trinajstić information content (AvgIpc) is 3.57. The van der Waals surface area contributed by atoms with E-state index in [0.717, 1.165) is 34.9 Å². The van der Waals surface area contributed by atoms with Crippen molar-refractivity contribution in [3.05, 3.63) is 108 Å². The first-order valence-corrected chi connectivity index (χ1v) is 11.3. The lowest BCUT2D eigenvalue weighted by Gasteiger charge is -2.27. The number of rotatable bonds is 8. The molecule has 0 spiro atoms. The first-order chi connectivity index (χ1) is 16.2. The maximum absolute atomic E-state index is 13.5. The van der Waals surface area contributed by atoms with E-state index in [4.69, 9.17) is 4.42 Å². The quantitative estimate of drug-likeness (QED) is 0.377. The summed E-state index contributed by atoms with van der Waals surface area (Å²) in [5.41, 5.74) is 1.66. The lowest BCUT2D eigenvalue weighted by atomic mass is 10.1. The van der Waals surface area contributed by atoms with E-state index in [1.54, 1.807) is 16.1 Å². The fourth-order valence-corrected chi connectivity index (χ4v) is 4.11. The molecule has 0 N–H and O–H groups in total. The molecule has 3 aromatic carbocycles. The number of amides is 2. The van der Waals surface area contributed by atoms with Gasteiger partial charge in [-0.15, -0.1) is 0 Å². The van der Waals surface area contributed by atoms with Gasteiger partial charge in [0.1, 0.15) is 12.3 Å². The zero-order valence-corrected chi connectivity index (χ0v) is 18.4. The molecule has 0 radical (unpaired) electrons. The first kappa shape index (κ1) is 21.0. The van der Waals surface area contributed by atoms with Gasteiger partial charge in [0.2, 0.25) is 5.91 Å². The number of carbonyl (C=O) groups is 2. The lowest BCUT2D eigenvalue weighted by molar-refractivity contribution is -0.133. The minimum atomic E-state index is -0.0886. The van der Waals surface area contributed by atoms with Crippen LogP contribution in [0, 0.1) is 0 Å². The predicted octanol–water partition coefficient (Wildman–Crippen LogP) is 5.27. The Labute approximate surface area is 193 Å². The van der Waals surface area contributed by atoms with Gasteiger partial charge in [-0.1, -0.05) is 60.7 Å². The van der Waals surface area contributed by atoms with Crippen molar-refractivity contribution in [2.45, 2.75) is 32.0 Å². The van der Waals surface area contributed by atoms with Crippen molar-refractivity contribution in [1.82, 2.24) is 9.80 Å². The standard InChI is InChI=1S/C28H26N2O3/c31-27(29(19-26-11-6-16-33-26)18-21-7-2-1-3-8-21)20-30(25-14-15-25)28(32)24-13-12-22-9-4-5-10-23(22)17-24/h1-13,16-17,25H,14-15,18-20H2. The molecule has 0 bridgehead atoms. The van der Waals surface area contributed by atoms with Gasteiger partial charge in [0.25, 0.3) is 5.91 Å². The molecule has 33 heavy (non-hydrogen) atoms. The SMILES string of the molecule is O=C(CN(C(=O)c1ccc2ccccc2c1)C1CC1)N(Cc1ccccc1)Cc1ccco1. The Kier molecular flexibility index (Phi) is 5.94. The Hall–Kier alpha value is -3.86. The smallest absolute Gasteiger partial charge is 0.254 e. The van der Waals surface area contributed by atoms with E-state index in [1.807, 2.05) is 84.9 Å². The van der Waals surface area contributed by atoms with Gasteiger partial charge in [0, 0.05) is 18.2 Å². The zero-order chi connectivity index (χ0) is 22.6. The van der Waals surface area contributed by atoms with Crippen LogP contribution in [-0.2, 0) is 17.9 Å². The minimum Gasteiger partial charge on any atom is -0.467 e. The highest BCUT2D eigenvalue weighted by Crippen LogP contribution is 2.29. The van der Waals surface area contributed by atoms with E-state index in [2.05, 4.69) is 0 Å². The normalized spacial score (nSPS) is 13.1. The molecular weight excluding hydrogens is 412 g/mol. The number of carbonyl (C=O) groups excluding carboxylic acids is 2. The second-order valence-electron chi connectivity index (χ2n) is 8.54.